The molecule has 0 spiro atoms. The molecule has 132 valence electrons. The zero-order valence-electron chi connectivity index (χ0n) is 15.5. The van der Waals surface area contributed by atoms with Crippen LogP contribution in [-0.4, -0.2) is 0 Å². The first-order valence-corrected chi connectivity index (χ1v) is 9.60. The van der Waals surface area contributed by atoms with Gasteiger partial charge in [-0.2, -0.15) is 0 Å². The monoisotopic (exact) mass is 348 g/mol. The van der Waals surface area contributed by atoms with Crippen molar-refractivity contribution in [3.05, 3.63) is 143 Å². The second-order valence-corrected chi connectivity index (χ2v) is 7.04. The van der Waals surface area contributed by atoms with Crippen molar-refractivity contribution in [2.24, 2.45) is 0 Å². The Kier molecular flexibility index (Phi) is 5.45. The molecule has 0 aromatic heterocycles. The normalized spacial score (nSPS) is 10.7. The molecule has 0 saturated carbocycles. The number of hydrogen-bond donors (Lipinski definition) is 0. The molecule has 0 aliphatic carbocycles. The molecule has 0 unspecified atom stereocenters. The molecule has 4 rings (SSSR count). The van der Waals surface area contributed by atoms with Gasteiger partial charge in [0.15, 0.2) is 0 Å². The molecule has 4 aromatic rings. The molecular weight excluding hydrogens is 324 g/mol. The quantitative estimate of drug-likeness (QED) is 0.375. The number of rotatable bonds is 6. The Bertz CT molecular complexity index is 901. The van der Waals surface area contributed by atoms with Crippen LogP contribution in [0.25, 0.3) is 0 Å². The molecule has 0 atom stereocenters. The van der Waals surface area contributed by atoms with Crippen molar-refractivity contribution in [1.29, 1.82) is 0 Å². The zero-order chi connectivity index (χ0) is 18.3. The molecule has 0 N–H and O–H groups in total. The highest BCUT2D eigenvalue weighted by Crippen LogP contribution is 2.22. The summed E-state index contributed by atoms with van der Waals surface area (Å²) in [7, 11) is 0. The summed E-state index contributed by atoms with van der Waals surface area (Å²) in [4.78, 5) is 0. The van der Waals surface area contributed by atoms with Gasteiger partial charge >= 0.3 is 0 Å². The lowest BCUT2D eigenvalue weighted by Gasteiger charge is -2.13. The second kappa shape index (κ2) is 8.51. The van der Waals surface area contributed by atoms with Crippen molar-refractivity contribution < 1.29 is 0 Å². The Morgan fingerprint density at radius 1 is 0.296 bits per heavy atom. The van der Waals surface area contributed by atoms with E-state index in [0.717, 1.165) is 19.3 Å². The van der Waals surface area contributed by atoms with E-state index >= 15 is 0 Å². The van der Waals surface area contributed by atoms with Crippen LogP contribution in [0.1, 0.15) is 33.4 Å². The van der Waals surface area contributed by atoms with Crippen LogP contribution in [0.3, 0.4) is 0 Å². The Balaban J connectivity index is 1.60. The molecule has 0 saturated heterocycles. The highest BCUT2D eigenvalue weighted by atomic mass is 14.1. The topological polar surface area (TPSA) is 0 Å². The summed E-state index contributed by atoms with van der Waals surface area (Å²) in [6, 6.07) is 39.2. The third-order valence-electron chi connectivity index (χ3n) is 5.09. The number of benzene rings is 4. The summed E-state index contributed by atoms with van der Waals surface area (Å²) in [5, 5.41) is 0. The minimum absolute atomic E-state index is 0.978. The minimum atomic E-state index is 0.978. The lowest BCUT2D eigenvalue weighted by molar-refractivity contribution is 1.05. The third kappa shape index (κ3) is 4.54. The standard InChI is InChI=1S/C27H24/c1-3-11-22(12-4-1)19-24-15-7-9-17-26(24)21-27-18-10-8-16-25(27)20-23-13-5-2-6-14-23/h1-18H,19-21H2. The maximum Gasteiger partial charge on any atom is -0.00201 e. The molecule has 0 amide bonds. The van der Waals surface area contributed by atoms with E-state index in [0.29, 0.717) is 0 Å². The van der Waals surface area contributed by atoms with E-state index in [9.17, 15) is 0 Å². The summed E-state index contributed by atoms with van der Waals surface area (Å²) in [6.45, 7) is 0. The van der Waals surface area contributed by atoms with Gasteiger partial charge in [0.1, 0.15) is 0 Å². The lowest BCUT2D eigenvalue weighted by Crippen LogP contribution is -2.00. The maximum absolute atomic E-state index is 2.28. The van der Waals surface area contributed by atoms with Crippen LogP contribution in [0, 0.1) is 0 Å². The SMILES string of the molecule is c1ccc(Cc2ccccc2Cc2ccccc2Cc2ccccc2)cc1. The predicted octanol–water partition coefficient (Wildman–Crippen LogP) is 6.46. The van der Waals surface area contributed by atoms with E-state index in [1.54, 1.807) is 0 Å². The van der Waals surface area contributed by atoms with Crippen LogP contribution in [0.15, 0.2) is 109 Å². The fraction of sp³-hybridized carbons (Fsp3) is 0.111. The second-order valence-electron chi connectivity index (χ2n) is 7.04. The van der Waals surface area contributed by atoms with Gasteiger partial charge in [0.05, 0.1) is 0 Å². The Morgan fingerprint density at radius 3 is 0.963 bits per heavy atom. The van der Waals surface area contributed by atoms with E-state index in [-0.39, 0.29) is 0 Å². The van der Waals surface area contributed by atoms with Gasteiger partial charge in [-0.25, -0.2) is 0 Å². The minimum Gasteiger partial charge on any atom is -0.0622 e. The van der Waals surface area contributed by atoms with Crippen molar-refractivity contribution in [2.45, 2.75) is 19.3 Å². The lowest BCUT2D eigenvalue weighted by atomic mass is 9.91. The molecule has 0 heterocycles. The largest absolute Gasteiger partial charge is 0.0622 e. The Morgan fingerprint density at radius 2 is 0.593 bits per heavy atom. The van der Waals surface area contributed by atoms with Crippen molar-refractivity contribution in [3.63, 3.8) is 0 Å². The first-order valence-electron chi connectivity index (χ1n) is 9.60. The molecular formula is C27H24. The predicted molar refractivity (Wildman–Crippen MR) is 114 cm³/mol. The van der Waals surface area contributed by atoms with Crippen LogP contribution in [0.2, 0.25) is 0 Å². The van der Waals surface area contributed by atoms with Gasteiger partial charge in [-0.1, -0.05) is 109 Å². The van der Waals surface area contributed by atoms with Gasteiger partial charge in [-0.05, 0) is 52.6 Å². The molecule has 0 fully saturated rings. The number of hydrogen-bond acceptors (Lipinski definition) is 0. The van der Waals surface area contributed by atoms with Crippen molar-refractivity contribution in [3.8, 4) is 0 Å². The van der Waals surface area contributed by atoms with Crippen LogP contribution >= 0.6 is 0 Å². The van der Waals surface area contributed by atoms with E-state index in [2.05, 4.69) is 109 Å². The van der Waals surface area contributed by atoms with E-state index < -0.39 is 0 Å². The molecule has 0 aliphatic rings. The molecule has 0 aliphatic heterocycles. The molecule has 0 nitrogen and oxygen atoms in total. The summed E-state index contributed by atoms with van der Waals surface area (Å²) in [5.41, 5.74) is 8.39. The average molecular weight is 348 g/mol. The fourth-order valence-electron chi connectivity index (χ4n) is 3.64. The van der Waals surface area contributed by atoms with Crippen LogP contribution in [-0.2, 0) is 19.3 Å². The molecule has 0 bridgehead atoms. The zero-order valence-corrected chi connectivity index (χ0v) is 15.5. The molecule has 27 heavy (non-hydrogen) atoms. The highest BCUT2D eigenvalue weighted by molar-refractivity contribution is 5.40. The first kappa shape index (κ1) is 17.3. The highest BCUT2D eigenvalue weighted by Gasteiger charge is 2.08. The van der Waals surface area contributed by atoms with Crippen molar-refractivity contribution in [1.82, 2.24) is 0 Å². The molecule has 0 heteroatoms. The van der Waals surface area contributed by atoms with Gasteiger partial charge in [0, 0.05) is 0 Å². The first-order chi connectivity index (χ1) is 13.4. The van der Waals surface area contributed by atoms with Crippen LogP contribution < -0.4 is 0 Å². The smallest absolute Gasteiger partial charge is 0.00201 e. The molecule has 0 radical (unpaired) electrons. The van der Waals surface area contributed by atoms with Crippen molar-refractivity contribution >= 4 is 0 Å². The molecule has 4 aromatic carbocycles. The summed E-state index contributed by atoms with van der Waals surface area (Å²) >= 11 is 0. The third-order valence-corrected chi connectivity index (χ3v) is 5.09. The van der Waals surface area contributed by atoms with E-state index in [4.69, 9.17) is 0 Å². The Labute approximate surface area is 162 Å². The average Bonchev–Trinajstić information content (AvgIpc) is 2.72. The fourth-order valence-corrected chi connectivity index (χ4v) is 3.64. The Hall–Kier alpha value is -3.12. The maximum atomic E-state index is 2.28. The van der Waals surface area contributed by atoms with Crippen LogP contribution in [0.5, 0.6) is 0 Å². The summed E-state index contributed by atoms with van der Waals surface area (Å²) < 4.78 is 0. The summed E-state index contributed by atoms with van der Waals surface area (Å²) in [5.74, 6) is 0. The van der Waals surface area contributed by atoms with Gasteiger partial charge < -0.3 is 0 Å². The van der Waals surface area contributed by atoms with Crippen LogP contribution in [0.4, 0.5) is 0 Å². The summed E-state index contributed by atoms with van der Waals surface area (Å²) in [6.07, 6.45) is 2.95. The van der Waals surface area contributed by atoms with E-state index in [1.807, 2.05) is 0 Å². The van der Waals surface area contributed by atoms with Gasteiger partial charge in [-0.15, -0.1) is 0 Å². The van der Waals surface area contributed by atoms with Gasteiger partial charge in [0.2, 0.25) is 0 Å². The van der Waals surface area contributed by atoms with Gasteiger partial charge in [-0.3, -0.25) is 0 Å². The van der Waals surface area contributed by atoms with Gasteiger partial charge in [0.25, 0.3) is 0 Å². The van der Waals surface area contributed by atoms with E-state index in [1.165, 1.54) is 33.4 Å². The van der Waals surface area contributed by atoms with Crippen molar-refractivity contribution in [2.75, 3.05) is 0 Å².